The third-order valence-corrected chi connectivity index (χ3v) is 3.05. The highest BCUT2D eigenvalue weighted by Crippen LogP contribution is 2.01. The maximum absolute atomic E-state index is 11.7. The maximum Gasteiger partial charge on any atom is 0.326 e. The molecule has 0 aliphatic rings. The Bertz CT molecular complexity index is 470. The predicted octanol–water partition coefficient (Wildman–Crippen LogP) is 1.30. The Morgan fingerprint density at radius 1 is 1.15 bits per heavy atom. The van der Waals surface area contributed by atoms with E-state index in [1.165, 1.54) is 6.08 Å². The van der Waals surface area contributed by atoms with Gasteiger partial charge < -0.3 is 27.0 Å². The molecule has 0 saturated carbocycles. The molecule has 0 aromatic carbocycles. The average molecular weight is 370 g/mol. The number of aliphatic imine (C=N–C) groups is 1. The summed E-state index contributed by atoms with van der Waals surface area (Å²) in [5, 5.41) is 20.6. The fourth-order valence-corrected chi connectivity index (χ4v) is 1.83. The molecule has 0 aromatic heterocycles. The lowest BCUT2D eigenvalue weighted by Crippen LogP contribution is -2.40. The molecule has 0 fully saturated rings. The van der Waals surface area contributed by atoms with Crippen molar-refractivity contribution >= 4 is 17.8 Å². The van der Waals surface area contributed by atoms with Crippen molar-refractivity contribution in [2.45, 2.75) is 65.0 Å². The van der Waals surface area contributed by atoms with Crippen LogP contribution in [0, 0.1) is 0 Å². The first-order valence-electron chi connectivity index (χ1n) is 8.93. The van der Waals surface area contributed by atoms with Crippen molar-refractivity contribution in [3.8, 4) is 0 Å². The van der Waals surface area contributed by atoms with Gasteiger partial charge in [-0.15, -0.1) is 0 Å². The number of nitrogens with two attached hydrogens (primary N) is 2. The van der Waals surface area contributed by atoms with Crippen molar-refractivity contribution < 1.29 is 19.8 Å². The van der Waals surface area contributed by atoms with Gasteiger partial charge >= 0.3 is 5.97 Å². The lowest BCUT2D eigenvalue weighted by atomic mass is 10.1. The van der Waals surface area contributed by atoms with Gasteiger partial charge in [0.1, 0.15) is 6.04 Å². The van der Waals surface area contributed by atoms with Gasteiger partial charge in [0.2, 0.25) is 5.91 Å². The molecule has 0 radical (unpaired) electrons. The summed E-state index contributed by atoms with van der Waals surface area (Å²) in [7, 11) is 0. The van der Waals surface area contributed by atoms with E-state index in [0.717, 1.165) is 19.3 Å². The van der Waals surface area contributed by atoms with Crippen LogP contribution >= 0.6 is 0 Å². The van der Waals surface area contributed by atoms with Gasteiger partial charge in [0, 0.05) is 12.6 Å². The van der Waals surface area contributed by atoms with E-state index in [2.05, 4.69) is 10.3 Å². The summed E-state index contributed by atoms with van der Waals surface area (Å²) >= 11 is 0. The van der Waals surface area contributed by atoms with Crippen LogP contribution in [0.3, 0.4) is 0 Å². The third kappa shape index (κ3) is 18.0. The summed E-state index contributed by atoms with van der Waals surface area (Å²) in [5.74, 6) is -1.62. The van der Waals surface area contributed by atoms with Gasteiger partial charge in [-0.1, -0.05) is 32.1 Å². The Hall–Kier alpha value is -2.35. The molecular formula is C18H34N4O4. The second-order valence-corrected chi connectivity index (χ2v) is 5.42. The third-order valence-electron chi connectivity index (χ3n) is 3.05. The van der Waals surface area contributed by atoms with Crippen molar-refractivity contribution in [1.82, 2.24) is 5.32 Å². The van der Waals surface area contributed by atoms with Crippen molar-refractivity contribution in [1.29, 1.82) is 0 Å². The van der Waals surface area contributed by atoms with Gasteiger partial charge in [-0.25, -0.2) is 4.79 Å². The van der Waals surface area contributed by atoms with Gasteiger partial charge in [0.05, 0.1) is 6.10 Å². The van der Waals surface area contributed by atoms with Crippen molar-refractivity contribution in [2.75, 3.05) is 6.54 Å². The number of aliphatic hydroxyl groups excluding tert-OH is 1. The summed E-state index contributed by atoms with van der Waals surface area (Å²) in [6, 6.07) is -0.980. The zero-order valence-electron chi connectivity index (χ0n) is 16.0. The number of nitrogens with one attached hydrogen (secondary N) is 1. The summed E-state index contributed by atoms with van der Waals surface area (Å²) in [6.45, 7) is 6.05. The number of aliphatic carboxylic acids is 1. The van der Waals surface area contributed by atoms with E-state index in [4.69, 9.17) is 21.7 Å². The Morgan fingerprint density at radius 2 is 1.81 bits per heavy atom. The molecule has 0 rings (SSSR count). The summed E-state index contributed by atoms with van der Waals surface area (Å²) in [4.78, 5) is 26.5. The highest BCUT2D eigenvalue weighted by molar-refractivity contribution is 5.91. The molecule has 0 aromatic rings. The second kappa shape index (κ2) is 17.5. The van der Waals surface area contributed by atoms with E-state index < -0.39 is 17.9 Å². The molecule has 26 heavy (non-hydrogen) atoms. The fraction of sp³-hybridized carbons (Fsp3) is 0.611. The van der Waals surface area contributed by atoms with Gasteiger partial charge in [0.25, 0.3) is 0 Å². The SMILES string of the molecule is CC.CC(O)CCC/C=C/C=C/C(=O)NC(CCCN=C(N)N)C(=O)O. The standard InChI is InChI=1S/C16H28N4O4.C2H6/c1-12(21)8-5-3-2-4-6-10-14(22)20-13(15(23)24)9-7-11-19-16(17)18;1-2/h2,4,6,10,12-13,21H,3,5,7-9,11H2,1H3,(H,20,22)(H,23,24)(H4,17,18,19);1-2H3/b4-2+,10-6+;. The first-order valence-corrected chi connectivity index (χ1v) is 8.93. The van der Waals surface area contributed by atoms with E-state index in [0.29, 0.717) is 13.0 Å². The molecular weight excluding hydrogens is 336 g/mol. The Morgan fingerprint density at radius 3 is 2.35 bits per heavy atom. The second-order valence-electron chi connectivity index (χ2n) is 5.42. The minimum atomic E-state index is -1.10. The molecule has 8 nitrogen and oxygen atoms in total. The number of unbranched alkanes of at least 4 members (excludes halogenated alkanes) is 1. The lowest BCUT2D eigenvalue weighted by Gasteiger charge is -2.12. The molecule has 2 atom stereocenters. The van der Waals surface area contributed by atoms with E-state index >= 15 is 0 Å². The molecule has 0 spiro atoms. The number of carbonyl (C=O) groups is 2. The first-order chi connectivity index (χ1) is 12.3. The number of rotatable bonds is 12. The van der Waals surface area contributed by atoms with E-state index in [1.54, 1.807) is 19.1 Å². The predicted molar refractivity (Wildman–Crippen MR) is 105 cm³/mol. The van der Waals surface area contributed by atoms with Crippen LogP contribution in [0.2, 0.25) is 0 Å². The summed E-state index contributed by atoms with van der Waals surface area (Å²) in [5.41, 5.74) is 10.4. The van der Waals surface area contributed by atoms with Crippen LogP contribution in [0.15, 0.2) is 29.3 Å². The van der Waals surface area contributed by atoms with Crippen molar-refractivity contribution in [3.05, 3.63) is 24.3 Å². The number of guanidine groups is 1. The zero-order valence-corrected chi connectivity index (χ0v) is 16.0. The molecule has 0 saturated heterocycles. The number of hydrogen-bond donors (Lipinski definition) is 5. The highest BCUT2D eigenvalue weighted by atomic mass is 16.4. The van der Waals surface area contributed by atoms with E-state index in [1.807, 2.05) is 19.9 Å². The van der Waals surface area contributed by atoms with Crippen LogP contribution in [0.1, 0.15) is 52.9 Å². The van der Waals surface area contributed by atoms with Crippen molar-refractivity contribution in [2.24, 2.45) is 16.5 Å². The molecule has 7 N–H and O–H groups in total. The average Bonchev–Trinajstić information content (AvgIpc) is 2.57. The summed E-state index contributed by atoms with van der Waals surface area (Å²) < 4.78 is 0. The van der Waals surface area contributed by atoms with Crippen LogP contribution in [-0.2, 0) is 9.59 Å². The van der Waals surface area contributed by atoms with E-state index in [-0.39, 0.29) is 18.5 Å². The molecule has 0 aliphatic heterocycles. The van der Waals surface area contributed by atoms with Crippen LogP contribution in [0.25, 0.3) is 0 Å². The van der Waals surface area contributed by atoms with Crippen molar-refractivity contribution in [3.63, 3.8) is 0 Å². The van der Waals surface area contributed by atoms with Crippen LogP contribution < -0.4 is 16.8 Å². The monoisotopic (exact) mass is 370 g/mol. The highest BCUT2D eigenvalue weighted by Gasteiger charge is 2.17. The van der Waals surface area contributed by atoms with E-state index in [9.17, 15) is 9.59 Å². The molecule has 1 amide bonds. The normalized spacial score (nSPS) is 12.9. The van der Waals surface area contributed by atoms with Gasteiger partial charge in [0.15, 0.2) is 5.96 Å². The Kier molecular flexibility index (Phi) is 17.4. The Labute approximate surface area is 156 Å². The minimum Gasteiger partial charge on any atom is -0.480 e. The number of amides is 1. The molecule has 0 bridgehead atoms. The first kappa shape index (κ1) is 25.9. The number of carbonyl (C=O) groups excluding carboxylic acids is 1. The fourth-order valence-electron chi connectivity index (χ4n) is 1.83. The minimum absolute atomic E-state index is 0.0472. The zero-order chi connectivity index (χ0) is 20.4. The van der Waals surface area contributed by atoms with Gasteiger partial charge in [-0.05, 0) is 39.0 Å². The van der Waals surface area contributed by atoms with Crippen LogP contribution in [0.4, 0.5) is 0 Å². The molecule has 8 heteroatoms. The van der Waals surface area contributed by atoms with Gasteiger partial charge in [-0.2, -0.15) is 0 Å². The molecule has 0 heterocycles. The Balaban J connectivity index is 0. The summed E-state index contributed by atoms with van der Waals surface area (Å²) in [6.07, 6.45) is 9.21. The van der Waals surface area contributed by atoms with Crippen LogP contribution in [-0.4, -0.2) is 46.7 Å². The maximum atomic E-state index is 11.7. The lowest BCUT2D eigenvalue weighted by molar-refractivity contribution is -0.141. The topological polar surface area (TPSA) is 151 Å². The quantitative estimate of drug-likeness (QED) is 0.115. The smallest absolute Gasteiger partial charge is 0.326 e. The van der Waals surface area contributed by atoms with Gasteiger partial charge in [-0.3, -0.25) is 9.79 Å². The molecule has 150 valence electrons. The molecule has 0 aliphatic carbocycles. The number of nitrogens with zero attached hydrogens (tertiary/aromatic N) is 1. The number of carboxylic acids is 1. The number of allylic oxidation sites excluding steroid dienone is 3. The number of hydrogen-bond acceptors (Lipinski definition) is 4. The molecule has 2 unspecified atom stereocenters. The largest absolute Gasteiger partial charge is 0.480 e. The number of aliphatic hydroxyl groups is 1. The van der Waals surface area contributed by atoms with Crippen LogP contribution in [0.5, 0.6) is 0 Å². The number of carboxylic acid groups (broad SMARTS) is 1.